The van der Waals surface area contributed by atoms with Gasteiger partial charge in [-0.15, -0.1) is 0 Å². The standard InChI is InChI=1S/C12H18BrNO/c1-2-3-6-12(9-15)14-11-7-4-5-10(13)8-11/h4-5,7-8,12,14-15H,2-3,6,9H2,1H3. The first-order valence-corrected chi connectivity index (χ1v) is 6.18. The summed E-state index contributed by atoms with van der Waals surface area (Å²) >= 11 is 3.42. The van der Waals surface area contributed by atoms with E-state index in [1.54, 1.807) is 0 Å². The maximum Gasteiger partial charge on any atom is 0.0632 e. The summed E-state index contributed by atoms with van der Waals surface area (Å²) in [7, 11) is 0. The molecule has 0 bridgehead atoms. The van der Waals surface area contributed by atoms with Gasteiger partial charge in [0.2, 0.25) is 0 Å². The molecule has 0 fully saturated rings. The molecule has 0 spiro atoms. The van der Waals surface area contributed by atoms with Crippen LogP contribution >= 0.6 is 15.9 Å². The normalized spacial score (nSPS) is 12.5. The number of rotatable bonds is 6. The summed E-state index contributed by atoms with van der Waals surface area (Å²) in [5.74, 6) is 0. The van der Waals surface area contributed by atoms with Gasteiger partial charge < -0.3 is 10.4 Å². The third kappa shape index (κ3) is 4.67. The number of halogens is 1. The van der Waals surface area contributed by atoms with Crippen LogP contribution in [-0.2, 0) is 0 Å². The van der Waals surface area contributed by atoms with Crippen LogP contribution in [0.5, 0.6) is 0 Å². The molecule has 3 heteroatoms. The second-order valence-corrected chi connectivity index (χ2v) is 4.59. The minimum absolute atomic E-state index is 0.166. The van der Waals surface area contributed by atoms with Gasteiger partial charge in [-0.3, -0.25) is 0 Å². The SMILES string of the molecule is CCCCC(CO)Nc1cccc(Br)c1. The Kier molecular flexibility index (Phi) is 5.73. The highest BCUT2D eigenvalue weighted by molar-refractivity contribution is 9.10. The average molecular weight is 272 g/mol. The summed E-state index contributed by atoms with van der Waals surface area (Å²) in [6, 6.07) is 8.18. The lowest BCUT2D eigenvalue weighted by Gasteiger charge is -2.17. The number of aliphatic hydroxyl groups is 1. The van der Waals surface area contributed by atoms with E-state index in [0.29, 0.717) is 0 Å². The van der Waals surface area contributed by atoms with Gasteiger partial charge >= 0.3 is 0 Å². The van der Waals surface area contributed by atoms with Crippen LogP contribution in [0.3, 0.4) is 0 Å². The molecule has 1 aromatic carbocycles. The molecule has 0 saturated heterocycles. The summed E-state index contributed by atoms with van der Waals surface area (Å²) in [6.07, 6.45) is 3.32. The van der Waals surface area contributed by atoms with Gasteiger partial charge in [-0.05, 0) is 24.6 Å². The summed E-state index contributed by atoms with van der Waals surface area (Å²) in [6.45, 7) is 2.35. The zero-order chi connectivity index (χ0) is 11.1. The zero-order valence-electron chi connectivity index (χ0n) is 9.04. The Labute approximate surface area is 99.8 Å². The van der Waals surface area contributed by atoms with E-state index in [1.807, 2.05) is 24.3 Å². The molecule has 15 heavy (non-hydrogen) atoms. The van der Waals surface area contributed by atoms with E-state index in [-0.39, 0.29) is 12.6 Å². The lowest BCUT2D eigenvalue weighted by molar-refractivity contribution is 0.267. The molecular weight excluding hydrogens is 254 g/mol. The molecule has 1 unspecified atom stereocenters. The molecule has 0 amide bonds. The van der Waals surface area contributed by atoms with Crippen LogP contribution in [0.2, 0.25) is 0 Å². The molecule has 1 aromatic rings. The molecule has 1 rings (SSSR count). The van der Waals surface area contributed by atoms with E-state index >= 15 is 0 Å². The van der Waals surface area contributed by atoms with Crippen molar-refractivity contribution in [2.45, 2.75) is 32.2 Å². The van der Waals surface area contributed by atoms with E-state index in [1.165, 1.54) is 0 Å². The Morgan fingerprint density at radius 2 is 2.27 bits per heavy atom. The van der Waals surface area contributed by atoms with Gasteiger partial charge in [0, 0.05) is 16.2 Å². The predicted octanol–water partition coefficient (Wildman–Crippen LogP) is 3.41. The average Bonchev–Trinajstić information content (AvgIpc) is 2.24. The maximum absolute atomic E-state index is 9.21. The van der Waals surface area contributed by atoms with Crippen LogP contribution in [-0.4, -0.2) is 17.8 Å². The predicted molar refractivity (Wildman–Crippen MR) is 68.2 cm³/mol. The van der Waals surface area contributed by atoms with E-state index in [0.717, 1.165) is 29.4 Å². The monoisotopic (exact) mass is 271 g/mol. The fourth-order valence-corrected chi connectivity index (χ4v) is 1.87. The molecule has 0 aromatic heterocycles. The number of aliphatic hydroxyl groups excluding tert-OH is 1. The van der Waals surface area contributed by atoms with Gasteiger partial charge in [-0.1, -0.05) is 41.8 Å². The largest absolute Gasteiger partial charge is 0.394 e. The molecule has 0 aliphatic rings. The molecule has 2 nitrogen and oxygen atoms in total. The first-order valence-electron chi connectivity index (χ1n) is 5.39. The highest BCUT2D eigenvalue weighted by atomic mass is 79.9. The van der Waals surface area contributed by atoms with Crippen molar-refractivity contribution in [1.29, 1.82) is 0 Å². The van der Waals surface area contributed by atoms with Gasteiger partial charge in [0.25, 0.3) is 0 Å². The Bertz CT molecular complexity index is 291. The van der Waals surface area contributed by atoms with Gasteiger partial charge in [0.1, 0.15) is 0 Å². The smallest absolute Gasteiger partial charge is 0.0632 e. The number of anilines is 1. The van der Waals surface area contributed by atoms with Gasteiger partial charge in [0.15, 0.2) is 0 Å². The van der Waals surface area contributed by atoms with Crippen LogP contribution in [0.15, 0.2) is 28.7 Å². The molecular formula is C12H18BrNO. The van der Waals surface area contributed by atoms with Crippen molar-refractivity contribution in [3.8, 4) is 0 Å². The second-order valence-electron chi connectivity index (χ2n) is 3.68. The fourth-order valence-electron chi connectivity index (χ4n) is 1.47. The molecule has 84 valence electrons. The number of nitrogens with one attached hydrogen (secondary N) is 1. The highest BCUT2D eigenvalue weighted by Gasteiger charge is 2.06. The number of unbranched alkanes of at least 4 members (excludes halogenated alkanes) is 1. The Hall–Kier alpha value is -0.540. The lowest BCUT2D eigenvalue weighted by atomic mass is 10.1. The number of benzene rings is 1. The fraction of sp³-hybridized carbons (Fsp3) is 0.500. The topological polar surface area (TPSA) is 32.3 Å². The van der Waals surface area contributed by atoms with Crippen molar-refractivity contribution in [1.82, 2.24) is 0 Å². The van der Waals surface area contributed by atoms with Crippen molar-refractivity contribution < 1.29 is 5.11 Å². The second kappa shape index (κ2) is 6.85. The Morgan fingerprint density at radius 1 is 1.47 bits per heavy atom. The summed E-state index contributed by atoms with van der Waals surface area (Å²) in [4.78, 5) is 0. The van der Waals surface area contributed by atoms with Crippen molar-refractivity contribution in [3.63, 3.8) is 0 Å². The first kappa shape index (κ1) is 12.5. The Balaban J connectivity index is 2.50. The van der Waals surface area contributed by atoms with Crippen LogP contribution < -0.4 is 5.32 Å². The van der Waals surface area contributed by atoms with Crippen molar-refractivity contribution in [3.05, 3.63) is 28.7 Å². The van der Waals surface area contributed by atoms with Gasteiger partial charge in [-0.2, -0.15) is 0 Å². The molecule has 1 atom stereocenters. The van der Waals surface area contributed by atoms with Crippen LogP contribution in [0.1, 0.15) is 26.2 Å². The summed E-state index contributed by atoms with van der Waals surface area (Å²) in [5.41, 5.74) is 1.06. The van der Waals surface area contributed by atoms with E-state index in [9.17, 15) is 5.11 Å². The molecule has 0 radical (unpaired) electrons. The Morgan fingerprint density at radius 3 is 2.87 bits per heavy atom. The maximum atomic E-state index is 9.21. The molecule has 0 saturated carbocycles. The van der Waals surface area contributed by atoms with E-state index in [4.69, 9.17) is 0 Å². The zero-order valence-corrected chi connectivity index (χ0v) is 10.6. The minimum atomic E-state index is 0.166. The number of hydrogen-bond donors (Lipinski definition) is 2. The molecule has 2 N–H and O–H groups in total. The first-order chi connectivity index (χ1) is 7.26. The highest BCUT2D eigenvalue weighted by Crippen LogP contribution is 2.17. The summed E-state index contributed by atoms with van der Waals surface area (Å²) in [5, 5.41) is 12.5. The van der Waals surface area contributed by atoms with Crippen LogP contribution in [0.4, 0.5) is 5.69 Å². The van der Waals surface area contributed by atoms with Crippen molar-refractivity contribution in [2.75, 3.05) is 11.9 Å². The quantitative estimate of drug-likeness (QED) is 0.831. The lowest BCUT2D eigenvalue weighted by Crippen LogP contribution is -2.23. The third-order valence-corrected chi connectivity index (χ3v) is 2.82. The molecule has 0 heterocycles. The minimum Gasteiger partial charge on any atom is -0.394 e. The van der Waals surface area contributed by atoms with Gasteiger partial charge in [-0.25, -0.2) is 0 Å². The van der Waals surface area contributed by atoms with E-state index < -0.39 is 0 Å². The van der Waals surface area contributed by atoms with Crippen LogP contribution in [0, 0.1) is 0 Å². The third-order valence-electron chi connectivity index (χ3n) is 2.32. The van der Waals surface area contributed by atoms with E-state index in [2.05, 4.69) is 28.2 Å². The molecule has 0 aliphatic carbocycles. The summed E-state index contributed by atoms with van der Waals surface area (Å²) < 4.78 is 1.06. The van der Waals surface area contributed by atoms with Crippen LogP contribution in [0.25, 0.3) is 0 Å². The van der Waals surface area contributed by atoms with Crippen molar-refractivity contribution >= 4 is 21.6 Å². The van der Waals surface area contributed by atoms with Gasteiger partial charge in [0.05, 0.1) is 6.61 Å². The number of hydrogen-bond acceptors (Lipinski definition) is 2. The molecule has 0 aliphatic heterocycles. The van der Waals surface area contributed by atoms with Crippen molar-refractivity contribution in [2.24, 2.45) is 0 Å².